The lowest BCUT2D eigenvalue weighted by atomic mass is 10.1. The predicted molar refractivity (Wildman–Crippen MR) is 68.6 cm³/mol. The molecule has 18 heavy (non-hydrogen) atoms. The molecule has 0 radical (unpaired) electrons. The Hall–Kier alpha value is -2.03. The van der Waals surface area contributed by atoms with E-state index in [0.29, 0.717) is 0 Å². The number of ether oxygens (including phenoxy) is 2. The van der Waals surface area contributed by atoms with Gasteiger partial charge in [0.25, 0.3) is 0 Å². The summed E-state index contributed by atoms with van der Waals surface area (Å²) in [5, 5.41) is 2.13. The van der Waals surface area contributed by atoms with E-state index in [0.717, 1.165) is 29.4 Å². The lowest BCUT2D eigenvalue weighted by Gasteiger charge is -2.17. The lowest BCUT2D eigenvalue weighted by molar-refractivity contribution is -0.150. The number of carbonyl (C=O) groups is 1. The smallest absolute Gasteiger partial charge is 0.350 e. The molecule has 3 heteroatoms. The summed E-state index contributed by atoms with van der Waals surface area (Å²) in [5.74, 6) is 0.464. The van der Waals surface area contributed by atoms with E-state index in [1.807, 2.05) is 42.5 Å². The van der Waals surface area contributed by atoms with Gasteiger partial charge in [-0.15, -0.1) is 0 Å². The van der Waals surface area contributed by atoms with Crippen molar-refractivity contribution in [1.29, 1.82) is 0 Å². The molecule has 3 rings (SSSR count). The SMILES string of the molecule is COC(=O)C1(Oc2cccc3ccccc23)CC1. The van der Waals surface area contributed by atoms with Crippen LogP contribution in [0.3, 0.4) is 0 Å². The Kier molecular flexibility index (Phi) is 2.47. The van der Waals surface area contributed by atoms with Crippen LogP contribution in [-0.4, -0.2) is 18.7 Å². The highest BCUT2D eigenvalue weighted by Crippen LogP contribution is 2.42. The van der Waals surface area contributed by atoms with Crippen LogP contribution in [0.4, 0.5) is 0 Å². The molecule has 0 heterocycles. The van der Waals surface area contributed by atoms with Crippen molar-refractivity contribution in [2.75, 3.05) is 7.11 Å². The molecular weight excluding hydrogens is 228 g/mol. The van der Waals surface area contributed by atoms with Crippen molar-refractivity contribution in [1.82, 2.24) is 0 Å². The minimum atomic E-state index is -0.751. The van der Waals surface area contributed by atoms with Crippen LogP contribution in [0.1, 0.15) is 12.8 Å². The summed E-state index contributed by atoms with van der Waals surface area (Å²) in [6.07, 6.45) is 1.45. The summed E-state index contributed by atoms with van der Waals surface area (Å²) >= 11 is 0. The van der Waals surface area contributed by atoms with Crippen LogP contribution in [-0.2, 0) is 9.53 Å². The van der Waals surface area contributed by atoms with Crippen LogP contribution in [0.2, 0.25) is 0 Å². The quantitative estimate of drug-likeness (QED) is 0.776. The molecule has 0 saturated heterocycles. The predicted octanol–water partition coefficient (Wildman–Crippen LogP) is 2.92. The topological polar surface area (TPSA) is 35.5 Å². The lowest BCUT2D eigenvalue weighted by Crippen LogP contribution is -2.30. The van der Waals surface area contributed by atoms with Gasteiger partial charge in [-0.25, -0.2) is 4.79 Å². The summed E-state index contributed by atoms with van der Waals surface area (Å²) in [4.78, 5) is 11.7. The Morgan fingerprint density at radius 2 is 1.83 bits per heavy atom. The largest absolute Gasteiger partial charge is 0.475 e. The fraction of sp³-hybridized carbons (Fsp3) is 0.267. The zero-order valence-corrected chi connectivity index (χ0v) is 10.2. The van der Waals surface area contributed by atoms with Crippen LogP contribution in [0.25, 0.3) is 10.8 Å². The molecule has 0 N–H and O–H groups in total. The maximum Gasteiger partial charge on any atom is 0.350 e. The van der Waals surface area contributed by atoms with Crippen molar-refractivity contribution in [2.24, 2.45) is 0 Å². The van der Waals surface area contributed by atoms with Crippen LogP contribution in [0, 0.1) is 0 Å². The van der Waals surface area contributed by atoms with Crippen molar-refractivity contribution in [3.63, 3.8) is 0 Å². The highest BCUT2D eigenvalue weighted by molar-refractivity contribution is 5.89. The maximum atomic E-state index is 11.7. The van der Waals surface area contributed by atoms with Gasteiger partial charge >= 0.3 is 5.97 Å². The van der Waals surface area contributed by atoms with Gasteiger partial charge in [0.1, 0.15) is 5.75 Å². The standard InChI is InChI=1S/C15H14O3/c1-17-14(16)15(9-10-15)18-13-8-4-6-11-5-2-3-7-12(11)13/h2-8H,9-10H2,1H3. The van der Waals surface area contributed by atoms with Gasteiger partial charge in [-0.3, -0.25) is 0 Å². The number of carbonyl (C=O) groups excluding carboxylic acids is 1. The summed E-state index contributed by atoms with van der Waals surface area (Å²) in [6.45, 7) is 0. The fourth-order valence-electron chi connectivity index (χ4n) is 2.14. The monoisotopic (exact) mass is 242 g/mol. The van der Waals surface area contributed by atoms with Crippen LogP contribution >= 0.6 is 0 Å². The van der Waals surface area contributed by atoms with E-state index >= 15 is 0 Å². The summed E-state index contributed by atoms with van der Waals surface area (Å²) in [6, 6.07) is 13.8. The van der Waals surface area contributed by atoms with E-state index in [-0.39, 0.29) is 5.97 Å². The van der Waals surface area contributed by atoms with Crippen LogP contribution < -0.4 is 4.74 Å². The van der Waals surface area contributed by atoms with Crippen molar-refractivity contribution in [3.05, 3.63) is 42.5 Å². The molecule has 0 aliphatic heterocycles. The van der Waals surface area contributed by atoms with E-state index in [4.69, 9.17) is 9.47 Å². The zero-order chi connectivity index (χ0) is 12.6. The van der Waals surface area contributed by atoms with E-state index in [1.165, 1.54) is 7.11 Å². The first-order valence-electron chi connectivity index (χ1n) is 6.00. The highest BCUT2D eigenvalue weighted by Gasteiger charge is 2.54. The minimum Gasteiger partial charge on any atom is -0.475 e. The number of rotatable bonds is 3. The van der Waals surface area contributed by atoms with Gasteiger partial charge in [0.15, 0.2) is 0 Å². The molecule has 0 spiro atoms. The first-order chi connectivity index (χ1) is 8.75. The number of methoxy groups -OCH3 is 1. The van der Waals surface area contributed by atoms with Gasteiger partial charge in [-0.1, -0.05) is 36.4 Å². The van der Waals surface area contributed by atoms with E-state index < -0.39 is 5.60 Å². The van der Waals surface area contributed by atoms with Gasteiger partial charge in [-0.2, -0.15) is 0 Å². The molecular formula is C15H14O3. The molecule has 2 aromatic carbocycles. The number of hydrogen-bond acceptors (Lipinski definition) is 3. The average Bonchev–Trinajstić information content (AvgIpc) is 3.19. The minimum absolute atomic E-state index is 0.282. The molecule has 1 aliphatic carbocycles. The molecule has 0 bridgehead atoms. The van der Waals surface area contributed by atoms with E-state index in [1.54, 1.807) is 0 Å². The number of esters is 1. The second-order valence-electron chi connectivity index (χ2n) is 4.57. The zero-order valence-electron chi connectivity index (χ0n) is 10.2. The summed E-state index contributed by atoms with van der Waals surface area (Å²) < 4.78 is 10.7. The Morgan fingerprint density at radius 1 is 1.11 bits per heavy atom. The van der Waals surface area contributed by atoms with Crippen molar-refractivity contribution >= 4 is 16.7 Å². The third-order valence-corrected chi connectivity index (χ3v) is 3.32. The second-order valence-corrected chi connectivity index (χ2v) is 4.57. The van der Waals surface area contributed by atoms with Crippen molar-refractivity contribution in [3.8, 4) is 5.75 Å². The van der Waals surface area contributed by atoms with E-state index in [9.17, 15) is 4.79 Å². The molecule has 1 saturated carbocycles. The third-order valence-electron chi connectivity index (χ3n) is 3.32. The van der Waals surface area contributed by atoms with Gasteiger partial charge in [0.05, 0.1) is 7.11 Å². The highest BCUT2D eigenvalue weighted by atomic mass is 16.6. The Bertz CT molecular complexity index is 594. The number of fused-ring (bicyclic) bond motifs is 1. The molecule has 2 aromatic rings. The Labute approximate surface area is 105 Å². The van der Waals surface area contributed by atoms with Crippen molar-refractivity contribution in [2.45, 2.75) is 18.4 Å². The molecule has 3 nitrogen and oxygen atoms in total. The number of benzene rings is 2. The normalized spacial score (nSPS) is 16.3. The summed E-state index contributed by atoms with van der Waals surface area (Å²) in [7, 11) is 1.40. The Balaban J connectivity index is 1.98. The van der Waals surface area contributed by atoms with Gasteiger partial charge < -0.3 is 9.47 Å². The summed E-state index contributed by atoms with van der Waals surface area (Å²) in [5.41, 5.74) is -0.751. The first-order valence-corrected chi connectivity index (χ1v) is 6.00. The molecule has 1 fully saturated rings. The first kappa shape index (κ1) is 11.1. The average molecular weight is 242 g/mol. The fourth-order valence-corrected chi connectivity index (χ4v) is 2.14. The van der Waals surface area contributed by atoms with Gasteiger partial charge in [0.2, 0.25) is 5.60 Å². The van der Waals surface area contributed by atoms with Gasteiger partial charge in [0, 0.05) is 18.2 Å². The Morgan fingerprint density at radius 3 is 2.56 bits per heavy atom. The molecule has 92 valence electrons. The number of hydrogen-bond donors (Lipinski definition) is 0. The van der Waals surface area contributed by atoms with Crippen molar-refractivity contribution < 1.29 is 14.3 Å². The molecule has 0 aromatic heterocycles. The van der Waals surface area contributed by atoms with Gasteiger partial charge in [-0.05, 0) is 11.5 Å². The molecule has 0 atom stereocenters. The molecule has 0 unspecified atom stereocenters. The van der Waals surface area contributed by atoms with E-state index in [2.05, 4.69) is 0 Å². The second kappa shape index (κ2) is 4.02. The molecule has 1 aliphatic rings. The maximum absolute atomic E-state index is 11.7. The van der Waals surface area contributed by atoms with Crippen LogP contribution in [0.5, 0.6) is 5.75 Å². The third kappa shape index (κ3) is 1.72. The molecule has 0 amide bonds. The van der Waals surface area contributed by atoms with Crippen LogP contribution in [0.15, 0.2) is 42.5 Å².